The van der Waals surface area contributed by atoms with Crippen molar-refractivity contribution in [3.8, 4) is 0 Å². The number of nitrogens with zero attached hydrogens (tertiary/aromatic N) is 2. The van der Waals surface area contributed by atoms with E-state index in [0.29, 0.717) is 15.9 Å². The van der Waals surface area contributed by atoms with Gasteiger partial charge in [0.2, 0.25) is 0 Å². The van der Waals surface area contributed by atoms with E-state index in [1.165, 1.54) is 10.9 Å². The summed E-state index contributed by atoms with van der Waals surface area (Å²) in [6.45, 7) is 1.53. The molecule has 0 unspecified atom stereocenters. The van der Waals surface area contributed by atoms with Gasteiger partial charge in [0.1, 0.15) is 12.6 Å². The maximum atomic E-state index is 12.4. The second kappa shape index (κ2) is 6.84. The molecular formula is C18H15ClN2O3. The molecule has 0 N–H and O–H groups in total. The summed E-state index contributed by atoms with van der Waals surface area (Å²) in [6, 6.07) is 14.1. The number of halogens is 1. The van der Waals surface area contributed by atoms with Gasteiger partial charge in [-0.2, -0.15) is 0 Å². The van der Waals surface area contributed by atoms with Gasteiger partial charge >= 0.3 is 5.97 Å². The third kappa shape index (κ3) is 3.31. The molecule has 122 valence electrons. The third-order valence-electron chi connectivity index (χ3n) is 3.68. The third-order valence-corrected chi connectivity index (χ3v) is 4.03. The van der Waals surface area contributed by atoms with Crippen LogP contribution in [-0.2, 0) is 16.1 Å². The largest absolute Gasteiger partial charge is 0.456 e. The molecule has 0 fully saturated rings. The van der Waals surface area contributed by atoms with E-state index < -0.39 is 12.1 Å². The van der Waals surface area contributed by atoms with Crippen LogP contribution in [0.3, 0.4) is 0 Å². The Morgan fingerprint density at radius 3 is 2.71 bits per heavy atom. The van der Waals surface area contributed by atoms with Gasteiger partial charge in [0.25, 0.3) is 5.56 Å². The first kappa shape index (κ1) is 16.2. The Balaban J connectivity index is 1.77. The van der Waals surface area contributed by atoms with Crippen LogP contribution in [0.1, 0.15) is 18.6 Å². The summed E-state index contributed by atoms with van der Waals surface area (Å²) in [6.07, 6.45) is 0.849. The molecule has 24 heavy (non-hydrogen) atoms. The molecule has 0 amide bonds. The zero-order valence-corrected chi connectivity index (χ0v) is 13.7. The molecule has 1 heterocycles. The summed E-state index contributed by atoms with van der Waals surface area (Å²) in [4.78, 5) is 28.7. The number of carbonyl (C=O) groups is 1. The number of para-hydroxylation sites is 1. The van der Waals surface area contributed by atoms with Crippen LogP contribution in [0.2, 0.25) is 5.02 Å². The standard InChI is InChI=1S/C18H15ClN2O3/c1-12(13-6-2-4-8-15(13)19)24-17(22)10-21-11-20-16-9-5-3-7-14(16)18(21)23/h2-9,11-12H,10H2,1H3/t12-/m0/s1. The second-order valence-electron chi connectivity index (χ2n) is 5.35. The average molecular weight is 343 g/mol. The average Bonchev–Trinajstić information content (AvgIpc) is 2.58. The minimum absolute atomic E-state index is 0.203. The second-order valence-corrected chi connectivity index (χ2v) is 5.76. The van der Waals surface area contributed by atoms with E-state index in [2.05, 4.69) is 4.98 Å². The maximum Gasteiger partial charge on any atom is 0.326 e. The fourth-order valence-electron chi connectivity index (χ4n) is 2.46. The fourth-order valence-corrected chi connectivity index (χ4v) is 2.75. The first-order valence-corrected chi connectivity index (χ1v) is 7.82. The Kier molecular flexibility index (Phi) is 4.62. The summed E-state index contributed by atoms with van der Waals surface area (Å²) in [7, 11) is 0. The molecule has 3 aromatic rings. The van der Waals surface area contributed by atoms with Crippen molar-refractivity contribution in [3.05, 3.63) is 75.8 Å². The highest BCUT2D eigenvalue weighted by Crippen LogP contribution is 2.25. The Labute approximate surface area is 143 Å². The molecule has 0 saturated heterocycles. The number of ether oxygens (including phenoxy) is 1. The van der Waals surface area contributed by atoms with Crippen LogP contribution in [0.15, 0.2) is 59.7 Å². The highest BCUT2D eigenvalue weighted by atomic mass is 35.5. The number of esters is 1. The van der Waals surface area contributed by atoms with Gasteiger partial charge in [0.05, 0.1) is 17.2 Å². The molecule has 0 bridgehead atoms. The molecule has 5 nitrogen and oxygen atoms in total. The maximum absolute atomic E-state index is 12.4. The van der Waals surface area contributed by atoms with Gasteiger partial charge in [-0.05, 0) is 25.1 Å². The van der Waals surface area contributed by atoms with Crippen molar-refractivity contribution in [3.63, 3.8) is 0 Å². The van der Waals surface area contributed by atoms with Gasteiger partial charge in [-0.3, -0.25) is 14.2 Å². The topological polar surface area (TPSA) is 61.2 Å². The molecule has 0 radical (unpaired) electrons. The molecule has 0 spiro atoms. The number of fused-ring (bicyclic) bond motifs is 1. The lowest BCUT2D eigenvalue weighted by Gasteiger charge is -2.15. The number of hydrogen-bond donors (Lipinski definition) is 0. The molecule has 2 aromatic carbocycles. The lowest BCUT2D eigenvalue weighted by Crippen LogP contribution is -2.26. The van der Waals surface area contributed by atoms with Crippen LogP contribution in [0, 0.1) is 0 Å². The molecule has 0 aliphatic rings. The van der Waals surface area contributed by atoms with Crippen molar-refractivity contribution in [1.29, 1.82) is 0 Å². The summed E-state index contributed by atoms with van der Waals surface area (Å²) in [5.41, 5.74) is 1.04. The van der Waals surface area contributed by atoms with Gasteiger partial charge in [-0.1, -0.05) is 41.9 Å². The smallest absolute Gasteiger partial charge is 0.326 e. The lowest BCUT2D eigenvalue weighted by atomic mass is 10.1. The van der Waals surface area contributed by atoms with E-state index in [1.54, 1.807) is 49.4 Å². The molecule has 0 aliphatic heterocycles. The van der Waals surface area contributed by atoms with E-state index in [1.807, 2.05) is 6.07 Å². The number of benzene rings is 2. The Morgan fingerprint density at radius 1 is 1.21 bits per heavy atom. The summed E-state index contributed by atoms with van der Waals surface area (Å²) in [5.74, 6) is -0.526. The molecule has 0 aliphatic carbocycles. The molecule has 0 saturated carbocycles. The SMILES string of the molecule is C[C@H](OC(=O)Cn1cnc2ccccc2c1=O)c1ccccc1Cl. The van der Waals surface area contributed by atoms with E-state index in [-0.39, 0.29) is 12.1 Å². The van der Waals surface area contributed by atoms with Crippen LogP contribution in [-0.4, -0.2) is 15.5 Å². The van der Waals surface area contributed by atoms with Crippen molar-refractivity contribution in [1.82, 2.24) is 9.55 Å². The molecular weight excluding hydrogens is 328 g/mol. The normalized spacial score (nSPS) is 12.1. The zero-order chi connectivity index (χ0) is 17.1. The van der Waals surface area contributed by atoms with Crippen molar-refractivity contribution in [2.75, 3.05) is 0 Å². The Hall–Kier alpha value is -2.66. The number of hydrogen-bond acceptors (Lipinski definition) is 4. The van der Waals surface area contributed by atoms with E-state index in [0.717, 1.165) is 5.56 Å². The van der Waals surface area contributed by atoms with Crippen molar-refractivity contribution >= 4 is 28.5 Å². The summed E-state index contributed by atoms with van der Waals surface area (Å²) < 4.78 is 6.62. The van der Waals surface area contributed by atoms with Gasteiger partial charge in [-0.25, -0.2) is 4.98 Å². The molecule has 1 atom stereocenters. The van der Waals surface area contributed by atoms with Crippen LogP contribution in [0.5, 0.6) is 0 Å². The summed E-state index contributed by atoms with van der Waals surface area (Å²) >= 11 is 6.10. The highest BCUT2D eigenvalue weighted by molar-refractivity contribution is 6.31. The monoisotopic (exact) mass is 342 g/mol. The van der Waals surface area contributed by atoms with Crippen LogP contribution in [0.25, 0.3) is 10.9 Å². The highest BCUT2D eigenvalue weighted by Gasteiger charge is 2.15. The first-order valence-electron chi connectivity index (χ1n) is 7.44. The fraction of sp³-hybridized carbons (Fsp3) is 0.167. The van der Waals surface area contributed by atoms with Crippen molar-refractivity contribution in [2.45, 2.75) is 19.6 Å². The first-order chi connectivity index (χ1) is 11.6. The zero-order valence-electron chi connectivity index (χ0n) is 13.0. The van der Waals surface area contributed by atoms with Gasteiger partial charge in [0.15, 0.2) is 0 Å². The van der Waals surface area contributed by atoms with Crippen LogP contribution < -0.4 is 5.56 Å². The van der Waals surface area contributed by atoms with E-state index in [4.69, 9.17) is 16.3 Å². The van der Waals surface area contributed by atoms with Crippen LogP contribution >= 0.6 is 11.6 Å². The van der Waals surface area contributed by atoms with Crippen LogP contribution in [0.4, 0.5) is 0 Å². The quantitative estimate of drug-likeness (QED) is 0.682. The van der Waals surface area contributed by atoms with Crippen molar-refractivity contribution < 1.29 is 9.53 Å². The van der Waals surface area contributed by atoms with Crippen molar-refractivity contribution in [2.24, 2.45) is 0 Å². The number of rotatable bonds is 4. The Bertz CT molecular complexity index is 952. The van der Waals surface area contributed by atoms with Gasteiger partial charge in [0, 0.05) is 10.6 Å². The van der Waals surface area contributed by atoms with E-state index >= 15 is 0 Å². The summed E-state index contributed by atoms with van der Waals surface area (Å²) in [5, 5.41) is 0.995. The molecule has 1 aromatic heterocycles. The minimum Gasteiger partial charge on any atom is -0.456 e. The molecule has 3 rings (SSSR count). The lowest BCUT2D eigenvalue weighted by molar-refractivity contribution is -0.149. The number of carbonyl (C=O) groups excluding carboxylic acids is 1. The number of aromatic nitrogens is 2. The Morgan fingerprint density at radius 2 is 1.92 bits per heavy atom. The van der Waals surface area contributed by atoms with Gasteiger partial charge in [-0.15, -0.1) is 0 Å². The molecule has 6 heteroatoms. The predicted molar refractivity (Wildman–Crippen MR) is 92.0 cm³/mol. The van der Waals surface area contributed by atoms with E-state index in [9.17, 15) is 9.59 Å². The predicted octanol–water partition coefficient (Wildman–Crippen LogP) is 3.35. The minimum atomic E-state index is -0.526. The van der Waals surface area contributed by atoms with Gasteiger partial charge < -0.3 is 4.74 Å².